The van der Waals surface area contributed by atoms with Crippen molar-refractivity contribution < 1.29 is 9.53 Å². The van der Waals surface area contributed by atoms with E-state index in [1.807, 2.05) is 42.5 Å². The van der Waals surface area contributed by atoms with Gasteiger partial charge in [0.1, 0.15) is 17.2 Å². The molecule has 3 aromatic heterocycles. The summed E-state index contributed by atoms with van der Waals surface area (Å²) in [6.45, 7) is 3.15. The standard InChI is InChI=1S/C25H24N4O2S/c26-24(30)23-22(21-8-4-11-28-25(21)32-23)18-9-12-29(15-18)14-17-5-3-7-20(13-17)31-16-19-6-1-2-10-27-19/h1-8,10-11,13,18H,9,12,14-16H2,(H2,26,30)/t18-/m1/s1. The number of carbonyl (C=O) groups is 1. The molecule has 4 heterocycles. The van der Waals surface area contributed by atoms with Gasteiger partial charge in [0.05, 0.1) is 10.6 Å². The van der Waals surface area contributed by atoms with Crippen LogP contribution in [-0.2, 0) is 13.2 Å². The van der Waals surface area contributed by atoms with Crippen molar-refractivity contribution >= 4 is 27.5 Å². The molecule has 1 aromatic carbocycles. The number of fused-ring (bicyclic) bond motifs is 1. The molecule has 1 aliphatic rings. The average Bonchev–Trinajstić information content (AvgIpc) is 3.43. The molecule has 6 nitrogen and oxygen atoms in total. The highest BCUT2D eigenvalue weighted by atomic mass is 32.1. The Morgan fingerprint density at radius 2 is 2.03 bits per heavy atom. The zero-order valence-corrected chi connectivity index (χ0v) is 18.4. The number of ether oxygens (including phenoxy) is 1. The third kappa shape index (κ3) is 4.35. The number of pyridine rings is 2. The molecule has 0 saturated carbocycles. The van der Waals surface area contributed by atoms with E-state index >= 15 is 0 Å². The minimum absolute atomic E-state index is 0.277. The Morgan fingerprint density at radius 3 is 2.88 bits per heavy atom. The van der Waals surface area contributed by atoms with Crippen LogP contribution in [0.25, 0.3) is 10.2 Å². The fourth-order valence-electron chi connectivity index (χ4n) is 4.38. The molecule has 1 saturated heterocycles. The molecular formula is C25H24N4O2S. The van der Waals surface area contributed by atoms with Gasteiger partial charge in [-0.2, -0.15) is 0 Å². The molecule has 0 spiro atoms. The Kier molecular flexibility index (Phi) is 5.83. The molecule has 7 heteroatoms. The second-order valence-electron chi connectivity index (χ2n) is 8.04. The molecule has 1 amide bonds. The lowest BCUT2D eigenvalue weighted by Crippen LogP contribution is -2.20. The Hall–Kier alpha value is -3.29. The summed E-state index contributed by atoms with van der Waals surface area (Å²) in [6, 6.07) is 18.0. The summed E-state index contributed by atoms with van der Waals surface area (Å²) in [5.41, 5.74) is 8.88. The SMILES string of the molecule is NC(=O)c1sc2ncccc2c1[C@@H]1CCN(Cc2cccc(OCc3ccccn3)c2)C1. The van der Waals surface area contributed by atoms with Gasteiger partial charge in [-0.1, -0.05) is 24.3 Å². The molecule has 1 atom stereocenters. The predicted octanol–water partition coefficient (Wildman–Crippen LogP) is 4.36. The van der Waals surface area contributed by atoms with Gasteiger partial charge in [-0.15, -0.1) is 11.3 Å². The van der Waals surface area contributed by atoms with Crippen molar-refractivity contribution in [1.82, 2.24) is 14.9 Å². The molecule has 0 aliphatic carbocycles. The average molecular weight is 445 g/mol. The number of primary amides is 1. The molecule has 0 unspecified atom stereocenters. The Labute approximate surface area is 190 Å². The molecule has 0 radical (unpaired) electrons. The van der Waals surface area contributed by atoms with Crippen LogP contribution in [0, 0.1) is 0 Å². The number of hydrogen-bond donors (Lipinski definition) is 1. The van der Waals surface area contributed by atoms with Gasteiger partial charge in [-0.3, -0.25) is 14.7 Å². The van der Waals surface area contributed by atoms with E-state index in [-0.39, 0.29) is 11.8 Å². The lowest BCUT2D eigenvalue weighted by Gasteiger charge is -2.17. The number of nitrogens with two attached hydrogens (primary N) is 1. The van der Waals surface area contributed by atoms with E-state index in [1.165, 1.54) is 16.9 Å². The van der Waals surface area contributed by atoms with E-state index in [9.17, 15) is 4.79 Å². The van der Waals surface area contributed by atoms with Crippen molar-refractivity contribution in [2.75, 3.05) is 13.1 Å². The zero-order chi connectivity index (χ0) is 21.9. The topological polar surface area (TPSA) is 81.3 Å². The summed E-state index contributed by atoms with van der Waals surface area (Å²) < 4.78 is 5.93. The second-order valence-corrected chi connectivity index (χ2v) is 9.04. The maximum atomic E-state index is 12.1. The third-order valence-electron chi connectivity index (χ3n) is 5.83. The summed E-state index contributed by atoms with van der Waals surface area (Å²) in [6.07, 6.45) is 4.53. The van der Waals surface area contributed by atoms with E-state index in [0.29, 0.717) is 11.5 Å². The first-order valence-corrected chi connectivity index (χ1v) is 11.5. The summed E-state index contributed by atoms with van der Waals surface area (Å²) >= 11 is 1.40. The van der Waals surface area contributed by atoms with E-state index < -0.39 is 0 Å². The highest BCUT2D eigenvalue weighted by Gasteiger charge is 2.30. The second kappa shape index (κ2) is 9.06. The smallest absolute Gasteiger partial charge is 0.259 e. The van der Waals surface area contributed by atoms with Gasteiger partial charge in [-0.05, 0) is 54.4 Å². The van der Waals surface area contributed by atoms with Crippen LogP contribution >= 0.6 is 11.3 Å². The van der Waals surface area contributed by atoms with Crippen molar-refractivity contribution in [3.63, 3.8) is 0 Å². The molecule has 4 aromatic rings. The summed E-state index contributed by atoms with van der Waals surface area (Å²) in [7, 11) is 0. The lowest BCUT2D eigenvalue weighted by molar-refractivity contribution is 0.100. The Morgan fingerprint density at radius 1 is 1.12 bits per heavy atom. The number of likely N-dealkylation sites (tertiary alicyclic amines) is 1. The van der Waals surface area contributed by atoms with Crippen LogP contribution in [0.3, 0.4) is 0 Å². The first kappa shape index (κ1) is 20.6. The van der Waals surface area contributed by atoms with Crippen LogP contribution < -0.4 is 10.5 Å². The first-order chi connectivity index (χ1) is 15.7. The highest BCUT2D eigenvalue weighted by molar-refractivity contribution is 7.20. The van der Waals surface area contributed by atoms with E-state index in [2.05, 4.69) is 27.0 Å². The van der Waals surface area contributed by atoms with Crippen molar-refractivity contribution in [1.29, 1.82) is 0 Å². The minimum atomic E-state index is -0.362. The molecule has 0 bridgehead atoms. The molecular weight excluding hydrogens is 420 g/mol. The van der Waals surface area contributed by atoms with Crippen molar-refractivity contribution in [2.24, 2.45) is 5.73 Å². The molecule has 1 aliphatic heterocycles. The van der Waals surface area contributed by atoms with Crippen LogP contribution in [0.5, 0.6) is 5.75 Å². The van der Waals surface area contributed by atoms with Crippen molar-refractivity contribution in [3.05, 3.63) is 88.7 Å². The number of aromatic nitrogens is 2. The minimum Gasteiger partial charge on any atom is -0.487 e. The number of amides is 1. The maximum absolute atomic E-state index is 12.1. The first-order valence-electron chi connectivity index (χ1n) is 10.7. The van der Waals surface area contributed by atoms with Gasteiger partial charge in [0.25, 0.3) is 5.91 Å². The largest absolute Gasteiger partial charge is 0.487 e. The molecule has 2 N–H and O–H groups in total. The number of benzene rings is 1. The van der Waals surface area contributed by atoms with Gasteiger partial charge < -0.3 is 10.5 Å². The number of rotatable bonds is 7. The van der Waals surface area contributed by atoms with Gasteiger partial charge in [0, 0.05) is 36.8 Å². The van der Waals surface area contributed by atoms with E-state index in [1.54, 1.807) is 12.4 Å². The monoisotopic (exact) mass is 444 g/mol. The van der Waals surface area contributed by atoms with Crippen molar-refractivity contribution in [2.45, 2.75) is 25.5 Å². The van der Waals surface area contributed by atoms with E-state index in [0.717, 1.165) is 53.3 Å². The Balaban J connectivity index is 1.28. The Bertz CT molecular complexity index is 1240. The number of hydrogen-bond acceptors (Lipinski definition) is 6. The van der Waals surface area contributed by atoms with Gasteiger partial charge >= 0.3 is 0 Å². The molecule has 32 heavy (non-hydrogen) atoms. The zero-order valence-electron chi connectivity index (χ0n) is 17.6. The normalized spacial score (nSPS) is 16.4. The number of thiophene rings is 1. The lowest BCUT2D eigenvalue weighted by atomic mass is 9.95. The predicted molar refractivity (Wildman–Crippen MR) is 126 cm³/mol. The van der Waals surface area contributed by atoms with Crippen LogP contribution in [0.2, 0.25) is 0 Å². The van der Waals surface area contributed by atoms with Crippen LogP contribution in [-0.4, -0.2) is 33.9 Å². The van der Waals surface area contributed by atoms with Crippen LogP contribution in [0.15, 0.2) is 67.0 Å². The maximum Gasteiger partial charge on any atom is 0.259 e. The van der Waals surface area contributed by atoms with Crippen LogP contribution in [0.4, 0.5) is 0 Å². The fourth-order valence-corrected chi connectivity index (χ4v) is 5.47. The molecule has 162 valence electrons. The summed E-state index contributed by atoms with van der Waals surface area (Å²) in [5.74, 6) is 0.757. The van der Waals surface area contributed by atoms with Gasteiger partial charge in [-0.25, -0.2) is 4.98 Å². The molecule has 1 fully saturated rings. The summed E-state index contributed by atoms with van der Waals surface area (Å²) in [4.78, 5) is 24.8. The summed E-state index contributed by atoms with van der Waals surface area (Å²) in [5, 5.41) is 1.06. The van der Waals surface area contributed by atoms with Gasteiger partial charge in [0.15, 0.2) is 0 Å². The molecule has 5 rings (SSSR count). The number of nitrogens with zero attached hydrogens (tertiary/aromatic N) is 3. The quantitative estimate of drug-likeness (QED) is 0.458. The van der Waals surface area contributed by atoms with E-state index in [4.69, 9.17) is 10.5 Å². The van der Waals surface area contributed by atoms with Crippen LogP contribution in [0.1, 0.15) is 38.8 Å². The third-order valence-corrected chi connectivity index (χ3v) is 6.97. The highest BCUT2D eigenvalue weighted by Crippen LogP contribution is 2.39. The van der Waals surface area contributed by atoms with Crippen molar-refractivity contribution in [3.8, 4) is 5.75 Å². The number of carbonyl (C=O) groups excluding carboxylic acids is 1. The van der Waals surface area contributed by atoms with Gasteiger partial charge in [0.2, 0.25) is 0 Å². The fraction of sp³-hybridized carbons (Fsp3) is 0.240.